The molecule has 1 aromatic carbocycles. The smallest absolute Gasteiger partial charge is 0.481 e. The lowest BCUT2D eigenvalue weighted by molar-refractivity contribution is 0.00578. The van der Waals surface area contributed by atoms with E-state index in [0.717, 1.165) is 21.8 Å². The molecule has 0 N–H and O–H groups in total. The Morgan fingerprint density at radius 1 is 1.11 bits per heavy atom. The van der Waals surface area contributed by atoms with Crippen LogP contribution < -0.4 is 10.2 Å². The fourth-order valence-corrected chi connectivity index (χ4v) is 3.20. The van der Waals surface area contributed by atoms with Crippen molar-refractivity contribution in [1.82, 2.24) is 14.8 Å². The van der Waals surface area contributed by atoms with Gasteiger partial charge in [0.1, 0.15) is 0 Å². The number of pyridine rings is 1. The fraction of sp³-hybridized carbons (Fsp3) is 0.400. The molecule has 3 heterocycles. The zero-order valence-electron chi connectivity index (χ0n) is 16.4. The van der Waals surface area contributed by atoms with Crippen molar-refractivity contribution in [2.45, 2.75) is 45.4 Å². The van der Waals surface area contributed by atoms with Crippen molar-refractivity contribution in [3.05, 3.63) is 48.4 Å². The van der Waals surface area contributed by atoms with E-state index in [0.29, 0.717) is 12.4 Å². The van der Waals surface area contributed by atoms with Crippen LogP contribution >= 0.6 is 0 Å². The van der Waals surface area contributed by atoms with Crippen molar-refractivity contribution in [2.75, 3.05) is 7.11 Å². The van der Waals surface area contributed by atoms with Gasteiger partial charge >= 0.3 is 7.12 Å². The second-order valence-electron chi connectivity index (χ2n) is 7.94. The predicted octanol–water partition coefficient (Wildman–Crippen LogP) is 2.79. The van der Waals surface area contributed by atoms with Gasteiger partial charge in [-0.25, -0.2) is 4.98 Å². The first-order chi connectivity index (χ1) is 12.8. The molecule has 140 valence electrons. The van der Waals surface area contributed by atoms with Crippen LogP contribution in [0.1, 0.15) is 33.3 Å². The van der Waals surface area contributed by atoms with Gasteiger partial charge in [0.15, 0.2) is 0 Å². The van der Waals surface area contributed by atoms with Gasteiger partial charge in [0.25, 0.3) is 0 Å². The van der Waals surface area contributed by atoms with Gasteiger partial charge in [-0.15, -0.1) is 0 Å². The summed E-state index contributed by atoms with van der Waals surface area (Å²) in [6, 6.07) is 8.24. The summed E-state index contributed by atoms with van der Waals surface area (Å²) in [4.78, 5) is 4.28. The molecule has 1 fully saturated rings. The molecule has 6 nitrogen and oxygen atoms in total. The van der Waals surface area contributed by atoms with Crippen LogP contribution in [0.2, 0.25) is 0 Å². The molecule has 0 aliphatic carbocycles. The Kier molecular flexibility index (Phi) is 4.24. The maximum atomic E-state index is 6.10. The van der Waals surface area contributed by atoms with Gasteiger partial charge in [0, 0.05) is 29.4 Å². The van der Waals surface area contributed by atoms with Gasteiger partial charge in [0.05, 0.1) is 24.9 Å². The average molecular weight is 365 g/mol. The normalized spacial score (nSPS) is 18.2. The van der Waals surface area contributed by atoms with Crippen molar-refractivity contribution in [3.8, 4) is 5.88 Å². The number of aromatic nitrogens is 3. The Bertz CT molecular complexity index is 968. The molecule has 0 bridgehead atoms. The van der Waals surface area contributed by atoms with E-state index in [9.17, 15) is 0 Å². The summed E-state index contributed by atoms with van der Waals surface area (Å²) in [6.45, 7) is 8.84. The topological polar surface area (TPSA) is 58.4 Å². The third-order valence-electron chi connectivity index (χ3n) is 5.51. The molecule has 2 aromatic heterocycles. The van der Waals surface area contributed by atoms with E-state index < -0.39 is 7.12 Å². The summed E-state index contributed by atoms with van der Waals surface area (Å²) in [6.07, 6.45) is 5.54. The fourth-order valence-electron chi connectivity index (χ4n) is 3.20. The van der Waals surface area contributed by atoms with Crippen LogP contribution in [0.15, 0.2) is 42.9 Å². The van der Waals surface area contributed by atoms with Crippen molar-refractivity contribution < 1.29 is 14.0 Å². The Balaban J connectivity index is 1.56. The van der Waals surface area contributed by atoms with Gasteiger partial charge in [0.2, 0.25) is 5.88 Å². The maximum absolute atomic E-state index is 6.10. The zero-order chi connectivity index (χ0) is 19.2. The molecule has 4 rings (SSSR count). The average Bonchev–Trinajstić information content (AvgIpc) is 3.16. The SMILES string of the molecule is COc1nccc2ccc(Cn3cc(B4OC(C)(C)C(C)(C)O4)cn3)cc12. The molecule has 0 radical (unpaired) electrons. The van der Waals surface area contributed by atoms with Crippen LogP contribution in [0.5, 0.6) is 5.88 Å². The van der Waals surface area contributed by atoms with Gasteiger partial charge in [-0.1, -0.05) is 12.1 Å². The second kappa shape index (κ2) is 6.35. The summed E-state index contributed by atoms with van der Waals surface area (Å²) in [7, 11) is 1.24. The van der Waals surface area contributed by atoms with E-state index in [1.807, 2.05) is 50.8 Å². The number of rotatable bonds is 4. The third-order valence-corrected chi connectivity index (χ3v) is 5.51. The Hall–Kier alpha value is -2.38. The maximum Gasteiger partial charge on any atom is 0.498 e. The van der Waals surface area contributed by atoms with E-state index in [1.165, 1.54) is 0 Å². The Morgan fingerprint density at radius 3 is 2.56 bits per heavy atom. The molecule has 0 unspecified atom stereocenters. The Morgan fingerprint density at radius 2 is 1.85 bits per heavy atom. The summed E-state index contributed by atoms with van der Waals surface area (Å²) < 4.78 is 19.5. The number of fused-ring (bicyclic) bond motifs is 1. The molecule has 1 aliphatic rings. The minimum absolute atomic E-state index is 0.359. The van der Waals surface area contributed by atoms with Crippen molar-refractivity contribution in [3.63, 3.8) is 0 Å². The van der Waals surface area contributed by atoms with Crippen molar-refractivity contribution in [2.24, 2.45) is 0 Å². The lowest BCUT2D eigenvalue weighted by Crippen LogP contribution is -2.41. The third kappa shape index (κ3) is 3.21. The lowest BCUT2D eigenvalue weighted by Gasteiger charge is -2.32. The highest BCUT2D eigenvalue weighted by molar-refractivity contribution is 6.62. The van der Waals surface area contributed by atoms with Gasteiger partial charge in [-0.05, 0) is 50.8 Å². The molecule has 1 aliphatic heterocycles. The molecule has 3 aromatic rings. The minimum atomic E-state index is -0.398. The summed E-state index contributed by atoms with van der Waals surface area (Å²) in [5.74, 6) is 0.632. The lowest BCUT2D eigenvalue weighted by atomic mass is 9.82. The molecule has 0 amide bonds. The number of methoxy groups -OCH3 is 1. The van der Waals surface area contributed by atoms with Gasteiger partial charge in [-0.3, -0.25) is 4.68 Å². The summed E-state index contributed by atoms with van der Waals surface area (Å²) in [5.41, 5.74) is 1.33. The van der Waals surface area contributed by atoms with Crippen LogP contribution in [0.3, 0.4) is 0 Å². The van der Waals surface area contributed by atoms with Crippen LogP contribution in [0.25, 0.3) is 10.8 Å². The van der Waals surface area contributed by atoms with Gasteiger partial charge < -0.3 is 14.0 Å². The van der Waals surface area contributed by atoms with Crippen molar-refractivity contribution >= 4 is 23.4 Å². The number of nitrogens with zero attached hydrogens (tertiary/aromatic N) is 3. The highest BCUT2D eigenvalue weighted by atomic mass is 16.7. The molecular weight excluding hydrogens is 341 g/mol. The molecular formula is C20H24BN3O3. The van der Waals surface area contributed by atoms with Crippen LogP contribution in [-0.2, 0) is 15.9 Å². The van der Waals surface area contributed by atoms with E-state index in [1.54, 1.807) is 13.3 Å². The van der Waals surface area contributed by atoms with E-state index in [4.69, 9.17) is 14.0 Å². The first kappa shape index (κ1) is 18.0. The monoisotopic (exact) mass is 365 g/mol. The number of hydrogen-bond acceptors (Lipinski definition) is 5. The van der Waals surface area contributed by atoms with E-state index in [2.05, 4.69) is 28.3 Å². The highest BCUT2D eigenvalue weighted by Gasteiger charge is 2.52. The number of hydrogen-bond donors (Lipinski definition) is 0. The molecule has 0 saturated carbocycles. The van der Waals surface area contributed by atoms with Gasteiger partial charge in [-0.2, -0.15) is 5.10 Å². The molecule has 0 atom stereocenters. The van der Waals surface area contributed by atoms with Crippen LogP contribution in [0.4, 0.5) is 0 Å². The molecule has 1 saturated heterocycles. The number of ether oxygens (including phenoxy) is 1. The van der Waals surface area contributed by atoms with E-state index >= 15 is 0 Å². The number of benzene rings is 1. The Labute approximate surface area is 159 Å². The summed E-state index contributed by atoms with van der Waals surface area (Å²) in [5, 5.41) is 6.58. The van der Waals surface area contributed by atoms with Crippen molar-refractivity contribution in [1.29, 1.82) is 0 Å². The van der Waals surface area contributed by atoms with E-state index in [-0.39, 0.29) is 11.2 Å². The quantitative estimate of drug-likeness (QED) is 0.666. The first-order valence-electron chi connectivity index (χ1n) is 9.09. The highest BCUT2D eigenvalue weighted by Crippen LogP contribution is 2.36. The largest absolute Gasteiger partial charge is 0.498 e. The standard InChI is InChI=1S/C20H24BN3O3/c1-19(2)20(3,4)27-21(26-19)16-11-23-24(13-16)12-14-6-7-15-8-9-22-18(25-5)17(15)10-14/h6-11,13H,12H2,1-5H3. The first-order valence-corrected chi connectivity index (χ1v) is 9.09. The molecule has 0 spiro atoms. The van der Waals surface area contributed by atoms with Crippen LogP contribution in [0, 0.1) is 0 Å². The van der Waals surface area contributed by atoms with Crippen LogP contribution in [-0.4, -0.2) is 40.2 Å². The second-order valence-corrected chi connectivity index (χ2v) is 7.94. The zero-order valence-corrected chi connectivity index (χ0v) is 16.4. The molecule has 7 heteroatoms. The minimum Gasteiger partial charge on any atom is -0.481 e. The predicted molar refractivity (Wildman–Crippen MR) is 105 cm³/mol. The molecule has 27 heavy (non-hydrogen) atoms. The summed E-state index contributed by atoms with van der Waals surface area (Å²) >= 11 is 0.